The minimum atomic E-state index is -0.572. The summed E-state index contributed by atoms with van der Waals surface area (Å²) in [5.41, 5.74) is 0.370. The minimum absolute atomic E-state index is 0.0362. The van der Waals surface area contributed by atoms with Gasteiger partial charge in [-0.3, -0.25) is 9.59 Å². The van der Waals surface area contributed by atoms with Crippen LogP contribution in [0.15, 0.2) is 18.2 Å². The number of nitrogens with zero attached hydrogens (tertiary/aromatic N) is 2. The highest BCUT2D eigenvalue weighted by molar-refractivity contribution is 5.89. The average molecular weight is 344 g/mol. The lowest BCUT2D eigenvalue weighted by Gasteiger charge is -2.16. The zero-order valence-corrected chi connectivity index (χ0v) is 13.9. The van der Waals surface area contributed by atoms with E-state index in [1.807, 2.05) is 6.07 Å². The van der Waals surface area contributed by atoms with Gasteiger partial charge in [-0.1, -0.05) is 6.07 Å². The molecule has 1 aliphatic heterocycles. The number of rotatable bonds is 7. The second-order valence-electron chi connectivity index (χ2n) is 6.64. The van der Waals surface area contributed by atoms with Crippen molar-refractivity contribution in [1.29, 1.82) is 5.26 Å². The molecular weight excluding hydrogens is 323 g/mol. The predicted octanol–water partition coefficient (Wildman–Crippen LogP) is 1.48. The number of amides is 2. The summed E-state index contributed by atoms with van der Waals surface area (Å²) in [5, 5.41) is 14.7. The van der Waals surface area contributed by atoms with Crippen LogP contribution < -0.4 is 10.6 Å². The van der Waals surface area contributed by atoms with Gasteiger partial charge in [0.15, 0.2) is 0 Å². The smallest absolute Gasteiger partial charge is 0.225 e. The third kappa shape index (κ3) is 4.27. The number of nitrogens with one attached hydrogen (secondary N) is 2. The largest absolute Gasteiger partial charge is 0.382 e. The normalized spacial score (nSPS) is 19.6. The molecule has 1 atom stereocenters. The molecule has 2 aliphatic rings. The SMILES string of the molecule is N#Cc1c(F)cccc1NCCNC(=O)[C@@H]1CC(=O)N(CC2CC2)C1. The number of nitriles is 1. The Morgan fingerprint density at radius 3 is 2.88 bits per heavy atom. The average Bonchev–Trinajstić information content (AvgIpc) is 3.33. The van der Waals surface area contributed by atoms with E-state index in [0.29, 0.717) is 31.2 Å². The van der Waals surface area contributed by atoms with Crippen LogP contribution in [0, 0.1) is 29.0 Å². The molecule has 1 aliphatic carbocycles. The van der Waals surface area contributed by atoms with Gasteiger partial charge in [-0.15, -0.1) is 0 Å². The highest BCUT2D eigenvalue weighted by Crippen LogP contribution is 2.31. The molecule has 6 nitrogen and oxygen atoms in total. The van der Waals surface area contributed by atoms with E-state index in [1.54, 1.807) is 11.0 Å². The Balaban J connectivity index is 1.42. The predicted molar refractivity (Wildman–Crippen MR) is 90.0 cm³/mol. The molecule has 1 heterocycles. The van der Waals surface area contributed by atoms with E-state index in [4.69, 9.17) is 5.26 Å². The number of carbonyl (C=O) groups excluding carboxylic acids is 2. The molecule has 25 heavy (non-hydrogen) atoms. The highest BCUT2D eigenvalue weighted by atomic mass is 19.1. The zero-order chi connectivity index (χ0) is 17.8. The van der Waals surface area contributed by atoms with E-state index >= 15 is 0 Å². The fraction of sp³-hybridized carbons (Fsp3) is 0.500. The molecule has 1 aromatic carbocycles. The summed E-state index contributed by atoms with van der Waals surface area (Å²) in [5.74, 6) is -0.320. The summed E-state index contributed by atoms with van der Waals surface area (Å²) < 4.78 is 13.5. The molecule has 2 fully saturated rings. The van der Waals surface area contributed by atoms with Crippen LogP contribution >= 0.6 is 0 Å². The van der Waals surface area contributed by atoms with Crippen molar-refractivity contribution in [2.75, 3.05) is 31.5 Å². The number of hydrogen-bond donors (Lipinski definition) is 2. The van der Waals surface area contributed by atoms with Gasteiger partial charge in [-0.25, -0.2) is 4.39 Å². The quantitative estimate of drug-likeness (QED) is 0.734. The number of halogens is 1. The van der Waals surface area contributed by atoms with Gasteiger partial charge in [0.25, 0.3) is 0 Å². The Morgan fingerprint density at radius 1 is 1.36 bits per heavy atom. The van der Waals surface area contributed by atoms with Gasteiger partial charge >= 0.3 is 0 Å². The molecule has 0 radical (unpaired) electrons. The molecule has 0 aromatic heterocycles. The molecule has 0 unspecified atom stereocenters. The lowest BCUT2D eigenvalue weighted by atomic mass is 10.1. The molecule has 1 saturated carbocycles. The zero-order valence-electron chi connectivity index (χ0n) is 13.9. The van der Waals surface area contributed by atoms with Crippen LogP contribution in [0.5, 0.6) is 0 Å². The molecule has 7 heteroatoms. The van der Waals surface area contributed by atoms with Crippen molar-refractivity contribution < 1.29 is 14.0 Å². The van der Waals surface area contributed by atoms with Crippen molar-refractivity contribution >= 4 is 17.5 Å². The maximum absolute atomic E-state index is 13.5. The van der Waals surface area contributed by atoms with Crippen molar-refractivity contribution in [1.82, 2.24) is 10.2 Å². The molecule has 132 valence electrons. The Labute approximate surface area is 146 Å². The summed E-state index contributed by atoms with van der Waals surface area (Å²) in [6.07, 6.45) is 2.63. The first kappa shape index (κ1) is 17.2. The van der Waals surface area contributed by atoms with Gasteiger partial charge in [0.05, 0.1) is 11.6 Å². The van der Waals surface area contributed by atoms with Gasteiger partial charge in [-0.2, -0.15) is 5.26 Å². The Kier molecular flexibility index (Phi) is 5.17. The number of benzene rings is 1. The van der Waals surface area contributed by atoms with E-state index in [9.17, 15) is 14.0 Å². The molecule has 0 bridgehead atoms. The summed E-state index contributed by atoms with van der Waals surface area (Å²) >= 11 is 0. The monoisotopic (exact) mass is 344 g/mol. The van der Waals surface area contributed by atoms with Gasteiger partial charge < -0.3 is 15.5 Å². The number of hydrogen-bond acceptors (Lipinski definition) is 4. The van der Waals surface area contributed by atoms with Crippen LogP contribution in [0.1, 0.15) is 24.8 Å². The number of carbonyl (C=O) groups is 2. The second kappa shape index (κ2) is 7.51. The molecule has 3 rings (SSSR count). The lowest BCUT2D eigenvalue weighted by molar-refractivity contribution is -0.129. The standard InChI is InChI=1S/C18H21FN4O2/c19-15-2-1-3-16(14(15)9-20)21-6-7-22-18(25)13-8-17(24)23(11-13)10-12-4-5-12/h1-3,12-13,21H,4-8,10-11H2,(H,22,25)/t13-/m1/s1. The van der Waals surface area contributed by atoms with E-state index in [1.165, 1.54) is 25.0 Å². The molecular formula is C18H21FN4O2. The Bertz CT molecular complexity index is 712. The Morgan fingerprint density at radius 2 is 2.16 bits per heavy atom. The van der Waals surface area contributed by atoms with Crippen molar-refractivity contribution in [3.8, 4) is 6.07 Å². The van der Waals surface area contributed by atoms with Crippen molar-refractivity contribution in [2.45, 2.75) is 19.3 Å². The van der Waals surface area contributed by atoms with Crippen molar-refractivity contribution in [2.24, 2.45) is 11.8 Å². The van der Waals surface area contributed by atoms with Crippen LogP contribution in [0.4, 0.5) is 10.1 Å². The maximum atomic E-state index is 13.5. The summed E-state index contributed by atoms with van der Waals surface area (Å²) in [4.78, 5) is 25.9. The first-order valence-electron chi connectivity index (χ1n) is 8.56. The Hall–Kier alpha value is -2.62. The second-order valence-corrected chi connectivity index (χ2v) is 6.64. The summed E-state index contributed by atoms with van der Waals surface area (Å²) in [6, 6.07) is 6.20. The molecule has 1 aromatic rings. The van der Waals surface area contributed by atoms with E-state index < -0.39 is 5.82 Å². The van der Waals surface area contributed by atoms with Crippen molar-refractivity contribution in [3.63, 3.8) is 0 Å². The fourth-order valence-electron chi connectivity index (χ4n) is 3.05. The minimum Gasteiger partial charge on any atom is -0.382 e. The topological polar surface area (TPSA) is 85.2 Å². The first-order valence-corrected chi connectivity index (χ1v) is 8.56. The van der Waals surface area contributed by atoms with Crippen LogP contribution in [0.3, 0.4) is 0 Å². The van der Waals surface area contributed by atoms with E-state index in [-0.39, 0.29) is 29.7 Å². The number of anilines is 1. The van der Waals surface area contributed by atoms with Gasteiger partial charge in [0.2, 0.25) is 11.8 Å². The summed E-state index contributed by atoms with van der Waals surface area (Å²) in [6.45, 7) is 1.99. The van der Waals surface area contributed by atoms with E-state index in [2.05, 4.69) is 10.6 Å². The highest BCUT2D eigenvalue weighted by Gasteiger charge is 2.36. The van der Waals surface area contributed by atoms with Crippen LogP contribution in [-0.2, 0) is 9.59 Å². The fourth-order valence-corrected chi connectivity index (χ4v) is 3.05. The van der Waals surface area contributed by atoms with Gasteiger partial charge in [-0.05, 0) is 30.9 Å². The van der Waals surface area contributed by atoms with Crippen molar-refractivity contribution in [3.05, 3.63) is 29.6 Å². The van der Waals surface area contributed by atoms with Gasteiger partial charge in [0.1, 0.15) is 17.4 Å². The molecule has 1 saturated heterocycles. The van der Waals surface area contributed by atoms with Crippen LogP contribution in [-0.4, -0.2) is 42.9 Å². The summed E-state index contributed by atoms with van der Waals surface area (Å²) in [7, 11) is 0. The molecule has 2 N–H and O–H groups in total. The van der Waals surface area contributed by atoms with Crippen LogP contribution in [0.2, 0.25) is 0 Å². The van der Waals surface area contributed by atoms with Crippen LogP contribution in [0.25, 0.3) is 0 Å². The number of likely N-dealkylation sites (tertiary alicyclic amines) is 1. The van der Waals surface area contributed by atoms with Gasteiger partial charge in [0, 0.05) is 32.6 Å². The molecule has 0 spiro atoms. The van der Waals surface area contributed by atoms with E-state index in [0.717, 1.165) is 6.54 Å². The third-order valence-electron chi connectivity index (χ3n) is 4.63. The molecule has 2 amide bonds. The maximum Gasteiger partial charge on any atom is 0.225 e. The third-order valence-corrected chi connectivity index (χ3v) is 4.63. The lowest BCUT2D eigenvalue weighted by Crippen LogP contribution is -2.36. The first-order chi connectivity index (χ1) is 12.1.